The minimum atomic E-state index is -0.365. The third kappa shape index (κ3) is 3.82. The molecule has 144 valence electrons. The summed E-state index contributed by atoms with van der Waals surface area (Å²) in [5.41, 5.74) is 3.08. The predicted octanol–water partition coefficient (Wildman–Crippen LogP) is 2.79. The Bertz CT molecular complexity index is 797. The molecule has 2 unspecified atom stereocenters. The van der Waals surface area contributed by atoms with Crippen LogP contribution >= 0.6 is 0 Å². The van der Waals surface area contributed by atoms with Crippen molar-refractivity contribution >= 4 is 5.82 Å². The van der Waals surface area contributed by atoms with Crippen LogP contribution < -0.4 is 5.32 Å². The molecule has 1 aliphatic heterocycles. The summed E-state index contributed by atoms with van der Waals surface area (Å²) in [5.74, 6) is 0.652. The Balaban J connectivity index is 1.54. The van der Waals surface area contributed by atoms with Gasteiger partial charge in [0.2, 0.25) is 0 Å². The van der Waals surface area contributed by atoms with Crippen LogP contribution in [-0.2, 0) is 19.4 Å². The number of benzene rings is 1. The molecule has 2 aromatic rings. The van der Waals surface area contributed by atoms with Crippen LogP contribution in [0, 0.1) is 11.2 Å². The number of nitrogens with zero attached hydrogens (tertiary/aromatic N) is 3. The van der Waals surface area contributed by atoms with Crippen molar-refractivity contribution in [1.29, 1.82) is 0 Å². The number of likely N-dealkylation sites (N-methyl/N-ethyl adjacent to an activating group) is 1. The molecule has 2 atom stereocenters. The van der Waals surface area contributed by atoms with Crippen molar-refractivity contribution in [3.05, 3.63) is 53.2 Å². The standard InChI is InChI=1S/C21H27FN4O/c1-26-10-8-18-17(12-26)20(25-14-24-18)23-13-21(9-2-3-19(21)27)11-15-4-6-16(22)7-5-15/h4-7,14,19,27H,2-3,8-13H2,1H3,(H,23,24,25). The quantitative estimate of drug-likeness (QED) is 0.848. The van der Waals surface area contributed by atoms with E-state index in [1.54, 1.807) is 6.33 Å². The van der Waals surface area contributed by atoms with E-state index in [9.17, 15) is 9.50 Å². The van der Waals surface area contributed by atoms with Gasteiger partial charge in [0.05, 0.1) is 11.8 Å². The molecule has 2 aliphatic rings. The zero-order chi connectivity index (χ0) is 18.9. The summed E-state index contributed by atoms with van der Waals surface area (Å²) in [5, 5.41) is 14.3. The Hall–Kier alpha value is -2.05. The molecule has 0 radical (unpaired) electrons. The maximum Gasteiger partial charge on any atom is 0.134 e. The maximum atomic E-state index is 13.3. The number of aliphatic hydroxyl groups is 1. The second-order valence-corrected chi connectivity index (χ2v) is 8.06. The smallest absolute Gasteiger partial charge is 0.134 e. The zero-order valence-corrected chi connectivity index (χ0v) is 15.8. The number of rotatable bonds is 5. The molecule has 27 heavy (non-hydrogen) atoms. The van der Waals surface area contributed by atoms with Crippen LogP contribution in [0.15, 0.2) is 30.6 Å². The minimum Gasteiger partial charge on any atom is -0.392 e. The van der Waals surface area contributed by atoms with Crippen molar-refractivity contribution in [2.45, 2.75) is 44.8 Å². The van der Waals surface area contributed by atoms with Gasteiger partial charge >= 0.3 is 0 Å². The first-order valence-corrected chi connectivity index (χ1v) is 9.73. The molecule has 4 rings (SSSR count). The number of hydrogen-bond acceptors (Lipinski definition) is 5. The van der Waals surface area contributed by atoms with Crippen molar-refractivity contribution < 1.29 is 9.50 Å². The fraction of sp³-hybridized carbons (Fsp3) is 0.524. The molecule has 1 aliphatic carbocycles. The molecular weight excluding hydrogens is 343 g/mol. The highest BCUT2D eigenvalue weighted by Gasteiger charge is 2.42. The molecule has 0 amide bonds. The number of nitrogens with one attached hydrogen (secondary N) is 1. The second-order valence-electron chi connectivity index (χ2n) is 8.06. The van der Waals surface area contributed by atoms with Crippen LogP contribution in [0.1, 0.15) is 36.1 Å². The van der Waals surface area contributed by atoms with Gasteiger partial charge < -0.3 is 15.3 Å². The molecule has 2 N–H and O–H groups in total. The number of aliphatic hydroxyl groups excluding tert-OH is 1. The van der Waals surface area contributed by atoms with E-state index in [1.165, 1.54) is 12.1 Å². The molecule has 1 aromatic carbocycles. The van der Waals surface area contributed by atoms with Crippen LogP contribution in [0.25, 0.3) is 0 Å². The number of anilines is 1. The molecule has 5 nitrogen and oxygen atoms in total. The lowest BCUT2D eigenvalue weighted by atomic mass is 9.78. The highest BCUT2D eigenvalue weighted by Crippen LogP contribution is 2.41. The Morgan fingerprint density at radius 2 is 2.11 bits per heavy atom. The molecule has 6 heteroatoms. The molecule has 2 heterocycles. The van der Waals surface area contributed by atoms with Gasteiger partial charge in [-0.15, -0.1) is 0 Å². The van der Waals surface area contributed by atoms with E-state index in [-0.39, 0.29) is 17.3 Å². The van der Waals surface area contributed by atoms with Gasteiger partial charge in [-0.2, -0.15) is 0 Å². The predicted molar refractivity (Wildman–Crippen MR) is 103 cm³/mol. The molecular formula is C21H27FN4O. The molecule has 1 fully saturated rings. The topological polar surface area (TPSA) is 61.3 Å². The Morgan fingerprint density at radius 3 is 2.85 bits per heavy atom. The van der Waals surface area contributed by atoms with Crippen LogP contribution in [-0.4, -0.2) is 46.2 Å². The molecule has 1 aromatic heterocycles. The number of halogens is 1. The first kappa shape index (κ1) is 18.3. The summed E-state index contributed by atoms with van der Waals surface area (Å²) in [6, 6.07) is 6.64. The Morgan fingerprint density at radius 1 is 1.30 bits per heavy atom. The highest BCUT2D eigenvalue weighted by atomic mass is 19.1. The van der Waals surface area contributed by atoms with Gasteiger partial charge in [0.15, 0.2) is 0 Å². The van der Waals surface area contributed by atoms with Crippen molar-refractivity contribution in [2.75, 3.05) is 25.5 Å². The fourth-order valence-corrected chi connectivity index (χ4v) is 4.49. The Labute approximate surface area is 159 Å². The maximum absolute atomic E-state index is 13.3. The van der Waals surface area contributed by atoms with Crippen LogP contribution in [0.3, 0.4) is 0 Å². The van der Waals surface area contributed by atoms with E-state index >= 15 is 0 Å². The van der Waals surface area contributed by atoms with Gasteiger partial charge in [0.1, 0.15) is 18.0 Å². The number of hydrogen-bond donors (Lipinski definition) is 2. The number of aromatic nitrogens is 2. The SMILES string of the molecule is CN1CCc2ncnc(NCC3(Cc4ccc(F)cc4)CCCC3O)c2C1. The monoisotopic (exact) mass is 370 g/mol. The summed E-state index contributed by atoms with van der Waals surface area (Å²) in [6.07, 6.45) is 5.70. The largest absolute Gasteiger partial charge is 0.392 e. The van der Waals surface area contributed by atoms with Gasteiger partial charge in [-0.05, 0) is 44.0 Å². The van der Waals surface area contributed by atoms with E-state index < -0.39 is 0 Å². The molecule has 0 spiro atoms. The van der Waals surface area contributed by atoms with Gasteiger partial charge in [-0.1, -0.05) is 18.6 Å². The zero-order valence-electron chi connectivity index (χ0n) is 15.8. The van der Waals surface area contributed by atoms with E-state index in [4.69, 9.17) is 0 Å². The lowest BCUT2D eigenvalue weighted by Gasteiger charge is -2.34. The molecule has 1 saturated carbocycles. The van der Waals surface area contributed by atoms with Crippen LogP contribution in [0.2, 0.25) is 0 Å². The summed E-state index contributed by atoms with van der Waals surface area (Å²) >= 11 is 0. The fourth-order valence-electron chi connectivity index (χ4n) is 4.49. The van der Waals surface area contributed by atoms with E-state index in [2.05, 4.69) is 27.2 Å². The average molecular weight is 370 g/mol. The van der Waals surface area contributed by atoms with Gasteiger partial charge in [-0.3, -0.25) is 0 Å². The number of fused-ring (bicyclic) bond motifs is 1. The third-order valence-electron chi connectivity index (χ3n) is 6.13. The van der Waals surface area contributed by atoms with E-state index in [1.807, 2.05) is 12.1 Å². The van der Waals surface area contributed by atoms with Crippen LogP contribution in [0.5, 0.6) is 0 Å². The van der Waals surface area contributed by atoms with Crippen molar-refractivity contribution in [1.82, 2.24) is 14.9 Å². The van der Waals surface area contributed by atoms with E-state index in [0.29, 0.717) is 6.54 Å². The average Bonchev–Trinajstić information content (AvgIpc) is 3.02. The summed E-state index contributed by atoms with van der Waals surface area (Å²) < 4.78 is 13.3. The second kappa shape index (κ2) is 7.52. The highest BCUT2D eigenvalue weighted by molar-refractivity contribution is 5.47. The van der Waals surface area contributed by atoms with Crippen LogP contribution in [0.4, 0.5) is 10.2 Å². The Kier molecular flexibility index (Phi) is 5.10. The van der Waals surface area contributed by atoms with Gasteiger partial charge in [0, 0.05) is 37.0 Å². The lowest BCUT2D eigenvalue weighted by Crippen LogP contribution is -2.39. The van der Waals surface area contributed by atoms with Crippen molar-refractivity contribution in [3.63, 3.8) is 0 Å². The first-order chi connectivity index (χ1) is 13.1. The molecule has 0 saturated heterocycles. The summed E-state index contributed by atoms with van der Waals surface area (Å²) in [4.78, 5) is 11.2. The minimum absolute atomic E-state index is 0.227. The normalized spacial score (nSPS) is 25.4. The summed E-state index contributed by atoms with van der Waals surface area (Å²) in [6.45, 7) is 2.50. The van der Waals surface area contributed by atoms with Crippen molar-refractivity contribution in [2.24, 2.45) is 5.41 Å². The van der Waals surface area contributed by atoms with Gasteiger partial charge in [0.25, 0.3) is 0 Å². The summed E-state index contributed by atoms with van der Waals surface area (Å²) in [7, 11) is 2.11. The van der Waals surface area contributed by atoms with Gasteiger partial charge in [-0.25, -0.2) is 14.4 Å². The molecule has 0 bridgehead atoms. The third-order valence-corrected chi connectivity index (χ3v) is 6.13. The van der Waals surface area contributed by atoms with E-state index in [0.717, 1.165) is 67.8 Å². The van der Waals surface area contributed by atoms with Crippen molar-refractivity contribution in [3.8, 4) is 0 Å². The first-order valence-electron chi connectivity index (χ1n) is 9.73. The lowest BCUT2D eigenvalue weighted by molar-refractivity contribution is 0.0618.